The van der Waals surface area contributed by atoms with Gasteiger partial charge in [-0.2, -0.15) is 5.10 Å². The monoisotopic (exact) mass is 287 g/mol. The lowest BCUT2D eigenvalue weighted by Crippen LogP contribution is -2.19. The molecule has 0 aliphatic rings. The molecule has 0 radical (unpaired) electrons. The summed E-state index contributed by atoms with van der Waals surface area (Å²) >= 11 is 0. The van der Waals surface area contributed by atoms with Crippen LogP contribution in [0.2, 0.25) is 0 Å². The van der Waals surface area contributed by atoms with Crippen molar-refractivity contribution in [3.63, 3.8) is 0 Å². The quantitative estimate of drug-likeness (QED) is 0.823. The highest BCUT2D eigenvalue weighted by Gasteiger charge is 2.12. The lowest BCUT2D eigenvalue weighted by atomic mass is 9.98. The molecule has 4 heteroatoms. The molecule has 0 fully saturated rings. The van der Waals surface area contributed by atoms with Crippen LogP contribution in [0.3, 0.4) is 0 Å². The van der Waals surface area contributed by atoms with Crippen molar-refractivity contribution in [1.82, 2.24) is 15.1 Å². The average molecular weight is 287 g/mol. The Morgan fingerprint density at radius 1 is 1.10 bits per heavy atom. The molecule has 0 bridgehead atoms. The first kappa shape index (κ1) is 15.7. The van der Waals surface area contributed by atoms with Gasteiger partial charge in [-0.15, -0.1) is 0 Å². The Hall–Kier alpha value is -1.65. The fourth-order valence-electron chi connectivity index (χ4n) is 2.29. The SMILES string of the molecule is CN(Cc1ccc(CCC(C)(C)O)cc1)Cc1ccn[nH]1. The molecule has 2 aromatic rings. The first-order chi connectivity index (χ1) is 9.92. The second kappa shape index (κ2) is 6.87. The molecule has 4 nitrogen and oxygen atoms in total. The Labute approximate surface area is 126 Å². The number of aromatic nitrogens is 2. The van der Waals surface area contributed by atoms with Crippen LogP contribution in [0.1, 0.15) is 37.1 Å². The minimum absolute atomic E-state index is 0.594. The Kier molecular flexibility index (Phi) is 5.15. The summed E-state index contributed by atoms with van der Waals surface area (Å²) in [6.45, 7) is 5.48. The van der Waals surface area contributed by atoms with Crippen molar-refractivity contribution >= 4 is 0 Å². The zero-order chi connectivity index (χ0) is 15.3. The summed E-state index contributed by atoms with van der Waals surface area (Å²) in [6, 6.07) is 10.7. The van der Waals surface area contributed by atoms with Crippen LogP contribution in [0.4, 0.5) is 0 Å². The van der Waals surface area contributed by atoms with Crippen molar-refractivity contribution in [3.8, 4) is 0 Å². The van der Waals surface area contributed by atoms with Gasteiger partial charge in [-0.25, -0.2) is 0 Å². The van der Waals surface area contributed by atoms with Gasteiger partial charge in [-0.3, -0.25) is 10.00 Å². The van der Waals surface area contributed by atoms with E-state index in [1.54, 1.807) is 6.20 Å². The van der Waals surface area contributed by atoms with Crippen molar-refractivity contribution in [2.24, 2.45) is 0 Å². The molecule has 0 saturated carbocycles. The van der Waals surface area contributed by atoms with E-state index in [0.29, 0.717) is 0 Å². The van der Waals surface area contributed by atoms with Crippen LogP contribution in [0.25, 0.3) is 0 Å². The minimum atomic E-state index is -0.594. The first-order valence-electron chi connectivity index (χ1n) is 7.39. The van der Waals surface area contributed by atoms with Gasteiger partial charge < -0.3 is 5.11 Å². The zero-order valence-corrected chi connectivity index (χ0v) is 13.1. The summed E-state index contributed by atoms with van der Waals surface area (Å²) in [5, 5.41) is 16.7. The van der Waals surface area contributed by atoms with Gasteiger partial charge in [0.1, 0.15) is 0 Å². The number of aliphatic hydroxyl groups is 1. The molecule has 2 rings (SSSR count). The molecule has 1 aromatic carbocycles. The second-order valence-electron chi connectivity index (χ2n) is 6.38. The van der Waals surface area contributed by atoms with Crippen LogP contribution in [-0.2, 0) is 19.5 Å². The van der Waals surface area contributed by atoms with E-state index in [0.717, 1.165) is 31.6 Å². The molecule has 114 valence electrons. The molecule has 0 saturated heterocycles. The summed E-state index contributed by atoms with van der Waals surface area (Å²) in [6.07, 6.45) is 3.47. The molecular formula is C17H25N3O. The van der Waals surface area contributed by atoms with Crippen LogP contribution < -0.4 is 0 Å². The average Bonchev–Trinajstić information content (AvgIpc) is 2.89. The van der Waals surface area contributed by atoms with E-state index in [1.807, 2.05) is 19.9 Å². The predicted octanol–water partition coefficient (Wildman–Crippen LogP) is 2.75. The fourth-order valence-corrected chi connectivity index (χ4v) is 2.29. The number of hydrogen-bond donors (Lipinski definition) is 2. The highest BCUT2D eigenvalue weighted by Crippen LogP contribution is 2.14. The standard InChI is InChI=1S/C17H25N3O/c1-17(2,21)10-8-14-4-6-15(7-5-14)12-20(3)13-16-9-11-18-19-16/h4-7,9,11,21H,8,10,12-13H2,1-3H3,(H,18,19). The Morgan fingerprint density at radius 2 is 1.76 bits per heavy atom. The number of aromatic amines is 1. The van der Waals surface area contributed by atoms with Gasteiger partial charge in [0.25, 0.3) is 0 Å². The minimum Gasteiger partial charge on any atom is -0.390 e. The zero-order valence-electron chi connectivity index (χ0n) is 13.1. The maximum absolute atomic E-state index is 9.76. The van der Waals surface area contributed by atoms with Crippen molar-refractivity contribution in [2.45, 2.75) is 45.4 Å². The van der Waals surface area contributed by atoms with E-state index in [2.05, 4.69) is 46.4 Å². The van der Waals surface area contributed by atoms with Gasteiger partial charge in [0, 0.05) is 25.0 Å². The number of rotatable bonds is 7. The number of hydrogen-bond acceptors (Lipinski definition) is 3. The highest BCUT2D eigenvalue weighted by molar-refractivity contribution is 5.22. The molecule has 0 amide bonds. The van der Waals surface area contributed by atoms with Crippen molar-refractivity contribution in [1.29, 1.82) is 0 Å². The Balaban J connectivity index is 1.84. The van der Waals surface area contributed by atoms with Crippen LogP contribution in [0.5, 0.6) is 0 Å². The van der Waals surface area contributed by atoms with Crippen molar-refractivity contribution in [3.05, 3.63) is 53.3 Å². The largest absolute Gasteiger partial charge is 0.390 e. The van der Waals surface area contributed by atoms with Gasteiger partial charge in [0.2, 0.25) is 0 Å². The summed E-state index contributed by atoms with van der Waals surface area (Å²) < 4.78 is 0. The lowest BCUT2D eigenvalue weighted by Gasteiger charge is -2.17. The number of nitrogens with one attached hydrogen (secondary N) is 1. The van der Waals surface area contributed by atoms with Crippen LogP contribution in [0.15, 0.2) is 36.5 Å². The Bertz CT molecular complexity index is 526. The van der Waals surface area contributed by atoms with Crippen LogP contribution in [-0.4, -0.2) is 32.9 Å². The van der Waals surface area contributed by atoms with E-state index in [4.69, 9.17) is 0 Å². The molecule has 21 heavy (non-hydrogen) atoms. The number of H-pyrrole nitrogens is 1. The topological polar surface area (TPSA) is 52.1 Å². The molecule has 2 N–H and O–H groups in total. The molecule has 0 spiro atoms. The summed E-state index contributed by atoms with van der Waals surface area (Å²) in [4.78, 5) is 2.25. The Morgan fingerprint density at radius 3 is 2.33 bits per heavy atom. The smallest absolute Gasteiger partial charge is 0.0594 e. The summed E-state index contributed by atoms with van der Waals surface area (Å²) in [5.41, 5.74) is 3.10. The van der Waals surface area contributed by atoms with Gasteiger partial charge in [0.05, 0.1) is 5.60 Å². The van der Waals surface area contributed by atoms with Crippen LogP contribution >= 0.6 is 0 Å². The maximum Gasteiger partial charge on any atom is 0.0594 e. The molecule has 1 aromatic heterocycles. The predicted molar refractivity (Wildman–Crippen MR) is 84.8 cm³/mol. The third-order valence-electron chi connectivity index (χ3n) is 3.50. The van der Waals surface area contributed by atoms with E-state index < -0.39 is 5.60 Å². The number of aryl methyl sites for hydroxylation is 1. The van der Waals surface area contributed by atoms with Crippen molar-refractivity contribution < 1.29 is 5.11 Å². The third-order valence-corrected chi connectivity index (χ3v) is 3.50. The van der Waals surface area contributed by atoms with Gasteiger partial charge in [-0.1, -0.05) is 24.3 Å². The van der Waals surface area contributed by atoms with Gasteiger partial charge in [-0.05, 0) is 50.9 Å². The van der Waals surface area contributed by atoms with Gasteiger partial charge >= 0.3 is 0 Å². The molecular weight excluding hydrogens is 262 g/mol. The van der Waals surface area contributed by atoms with E-state index in [1.165, 1.54) is 11.1 Å². The van der Waals surface area contributed by atoms with E-state index >= 15 is 0 Å². The van der Waals surface area contributed by atoms with Gasteiger partial charge in [0.15, 0.2) is 0 Å². The number of benzene rings is 1. The maximum atomic E-state index is 9.76. The molecule has 1 heterocycles. The molecule has 0 atom stereocenters. The normalized spacial score (nSPS) is 12.0. The lowest BCUT2D eigenvalue weighted by molar-refractivity contribution is 0.0714. The molecule has 0 unspecified atom stereocenters. The van der Waals surface area contributed by atoms with E-state index in [9.17, 15) is 5.11 Å². The molecule has 0 aliphatic heterocycles. The highest BCUT2D eigenvalue weighted by atomic mass is 16.3. The third kappa shape index (κ3) is 5.69. The fraction of sp³-hybridized carbons (Fsp3) is 0.471. The number of nitrogens with zero attached hydrogens (tertiary/aromatic N) is 2. The summed E-state index contributed by atoms with van der Waals surface area (Å²) in [5.74, 6) is 0. The second-order valence-corrected chi connectivity index (χ2v) is 6.38. The summed E-state index contributed by atoms with van der Waals surface area (Å²) in [7, 11) is 2.10. The first-order valence-corrected chi connectivity index (χ1v) is 7.39. The van der Waals surface area contributed by atoms with Crippen molar-refractivity contribution in [2.75, 3.05) is 7.05 Å². The molecule has 0 aliphatic carbocycles. The van der Waals surface area contributed by atoms with Crippen LogP contribution in [0, 0.1) is 0 Å². The van der Waals surface area contributed by atoms with E-state index in [-0.39, 0.29) is 0 Å².